The van der Waals surface area contributed by atoms with Gasteiger partial charge in [0.15, 0.2) is 0 Å². The summed E-state index contributed by atoms with van der Waals surface area (Å²) in [5.41, 5.74) is 0.613. The third kappa shape index (κ3) is 4.52. The van der Waals surface area contributed by atoms with Crippen LogP contribution in [-0.2, 0) is 11.3 Å². The largest absolute Gasteiger partial charge is 0.492 e. The Morgan fingerprint density at radius 3 is 3.22 bits per heavy atom. The average Bonchev–Trinajstić information content (AvgIpc) is 3.08. The zero-order chi connectivity index (χ0) is 15.9. The lowest BCUT2D eigenvalue weighted by molar-refractivity contribution is -0.0401. The van der Waals surface area contributed by atoms with Gasteiger partial charge in [-0.3, -0.25) is 9.58 Å². The normalized spacial score (nSPS) is 18.5. The van der Waals surface area contributed by atoms with E-state index in [1.165, 1.54) is 6.33 Å². The molecule has 23 heavy (non-hydrogen) atoms. The number of benzene rings is 1. The third-order valence-corrected chi connectivity index (χ3v) is 3.72. The number of nitriles is 1. The van der Waals surface area contributed by atoms with Crippen molar-refractivity contribution >= 4 is 0 Å². The summed E-state index contributed by atoms with van der Waals surface area (Å²) in [5.74, 6) is 0.733. The van der Waals surface area contributed by atoms with Gasteiger partial charge < -0.3 is 9.47 Å². The first-order chi connectivity index (χ1) is 11.3. The van der Waals surface area contributed by atoms with Crippen LogP contribution in [-0.4, -0.2) is 58.6 Å². The smallest absolute Gasteiger partial charge is 0.137 e. The molecule has 3 rings (SSSR count). The molecule has 0 N–H and O–H groups in total. The van der Waals surface area contributed by atoms with Crippen LogP contribution >= 0.6 is 0 Å². The van der Waals surface area contributed by atoms with Crippen LogP contribution in [0.15, 0.2) is 36.9 Å². The number of nitrogens with zero attached hydrogens (tertiary/aromatic N) is 5. The second-order valence-corrected chi connectivity index (χ2v) is 5.40. The standard InChI is InChI=1S/C16H19N5O2/c17-9-14-2-1-3-15(8-14)22-6-4-20-5-7-23-16(10-20)11-21-13-18-12-19-21/h1-3,8,12-13,16H,4-7,10-11H2. The molecule has 2 aromatic rings. The molecular weight excluding hydrogens is 294 g/mol. The fraction of sp³-hybridized carbons (Fsp3) is 0.438. The Morgan fingerprint density at radius 2 is 2.39 bits per heavy atom. The van der Waals surface area contributed by atoms with E-state index in [-0.39, 0.29) is 6.10 Å². The Labute approximate surface area is 135 Å². The molecule has 1 fully saturated rings. The van der Waals surface area contributed by atoms with Crippen molar-refractivity contribution in [2.24, 2.45) is 0 Å². The number of morpholine rings is 1. The van der Waals surface area contributed by atoms with Gasteiger partial charge >= 0.3 is 0 Å². The van der Waals surface area contributed by atoms with Gasteiger partial charge in [-0.15, -0.1) is 0 Å². The first-order valence-electron chi connectivity index (χ1n) is 7.63. The van der Waals surface area contributed by atoms with Crippen LogP contribution < -0.4 is 4.74 Å². The van der Waals surface area contributed by atoms with Gasteiger partial charge in [0, 0.05) is 19.6 Å². The minimum Gasteiger partial charge on any atom is -0.492 e. The van der Waals surface area contributed by atoms with Crippen molar-refractivity contribution in [3.8, 4) is 11.8 Å². The van der Waals surface area contributed by atoms with Crippen LogP contribution in [0.25, 0.3) is 0 Å². The van der Waals surface area contributed by atoms with Crippen molar-refractivity contribution < 1.29 is 9.47 Å². The number of hydrogen-bond donors (Lipinski definition) is 0. The van der Waals surface area contributed by atoms with Crippen molar-refractivity contribution in [3.63, 3.8) is 0 Å². The van der Waals surface area contributed by atoms with E-state index in [0.29, 0.717) is 25.3 Å². The highest BCUT2D eigenvalue weighted by atomic mass is 16.5. The average molecular weight is 313 g/mol. The molecule has 7 heteroatoms. The van der Waals surface area contributed by atoms with Gasteiger partial charge in [0.2, 0.25) is 0 Å². The van der Waals surface area contributed by atoms with E-state index >= 15 is 0 Å². The summed E-state index contributed by atoms with van der Waals surface area (Å²) in [4.78, 5) is 6.26. The Hall–Kier alpha value is -2.43. The maximum atomic E-state index is 8.89. The lowest BCUT2D eigenvalue weighted by atomic mass is 10.2. The molecule has 7 nitrogen and oxygen atoms in total. The molecule has 0 aliphatic carbocycles. The fourth-order valence-electron chi connectivity index (χ4n) is 2.58. The number of aromatic nitrogens is 3. The molecule has 1 aliphatic heterocycles. The van der Waals surface area contributed by atoms with Crippen LogP contribution in [0.3, 0.4) is 0 Å². The molecule has 0 spiro atoms. The van der Waals surface area contributed by atoms with Crippen LogP contribution in [0.5, 0.6) is 5.75 Å². The highest BCUT2D eigenvalue weighted by Gasteiger charge is 2.20. The molecule has 1 aromatic carbocycles. The Kier molecular flexibility index (Phi) is 5.19. The maximum Gasteiger partial charge on any atom is 0.137 e. The first kappa shape index (κ1) is 15.5. The van der Waals surface area contributed by atoms with Gasteiger partial charge in [-0.2, -0.15) is 10.4 Å². The van der Waals surface area contributed by atoms with Gasteiger partial charge in [-0.05, 0) is 18.2 Å². The first-order valence-corrected chi connectivity index (χ1v) is 7.63. The van der Waals surface area contributed by atoms with Crippen molar-refractivity contribution in [2.45, 2.75) is 12.6 Å². The molecule has 0 amide bonds. The summed E-state index contributed by atoms with van der Waals surface area (Å²) in [7, 11) is 0. The minimum absolute atomic E-state index is 0.118. The molecule has 0 radical (unpaired) electrons. The third-order valence-electron chi connectivity index (χ3n) is 3.72. The van der Waals surface area contributed by atoms with E-state index in [9.17, 15) is 0 Å². The molecule has 1 aliphatic rings. The highest BCUT2D eigenvalue weighted by Crippen LogP contribution is 2.13. The summed E-state index contributed by atoms with van der Waals surface area (Å²) in [5, 5.41) is 13.0. The van der Waals surface area contributed by atoms with Crippen LogP contribution in [0, 0.1) is 11.3 Å². The van der Waals surface area contributed by atoms with Crippen LogP contribution in [0.4, 0.5) is 0 Å². The number of ether oxygens (including phenoxy) is 2. The van der Waals surface area contributed by atoms with E-state index in [4.69, 9.17) is 14.7 Å². The molecule has 0 bridgehead atoms. The van der Waals surface area contributed by atoms with Crippen LogP contribution in [0.2, 0.25) is 0 Å². The van der Waals surface area contributed by atoms with E-state index in [1.807, 2.05) is 12.1 Å². The van der Waals surface area contributed by atoms with Crippen molar-refractivity contribution in [2.75, 3.05) is 32.8 Å². The molecule has 1 aromatic heterocycles. The quantitative estimate of drug-likeness (QED) is 0.789. The summed E-state index contributed by atoms with van der Waals surface area (Å²) >= 11 is 0. The second-order valence-electron chi connectivity index (χ2n) is 5.40. The summed E-state index contributed by atoms with van der Waals surface area (Å²) < 4.78 is 13.3. The second kappa shape index (κ2) is 7.72. The predicted octanol–water partition coefficient (Wildman–Crippen LogP) is 0.930. The molecule has 1 unspecified atom stereocenters. The lowest BCUT2D eigenvalue weighted by Crippen LogP contribution is -2.45. The summed E-state index contributed by atoms with van der Waals surface area (Å²) in [6, 6.07) is 9.34. The Balaban J connectivity index is 1.43. The highest BCUT2D eigenvalue weighted by molar-refractivity contribution is 5.36. The number of hydrogen-bond acceptors (Lipinski definition) is 6. The molecular formula is C16H19N5O2. The molecule has 120 valence electrons. The predicted molar refractivity (Wildman–Crippen MR) is 82.9 cm³/mol. The summed E-state index contributed by atoms with van der Waals surface area (Å²) in [6.07, 6.45) is 3.35. The fourth-order valence-corrected chi connectivity index (χ4v) is 2.58. The van der Waals surface area contributed by atoms with Gasteiger partial charge in [-0.1, -0.05) is 6.07 Å². The molecule has 0 saturated carbocycles. The Bertz CT molecular complexity index is 653. The zero-order valence-corrected chi connectivity index (χ0v) is 12.8. The topological polar surface area (TPSA) is 76.2 Å². The molecule has 1 saturated heterocycles. The van der Waals surface area contributed by atoms with Crippen molar-refractivity contribution in [3.05, 3.63) is 42.5 Å². The van der Waals surface area contributed by atoms with Crippen molar-refractivity contribution in [1.29, 1.82) is 5.26 Å². The van der Waals surface area contributed by atoms with E-state index in [0.717, 1.165) is 25.4 Å². The number of rotatable bonds is 6. The summed E-state index contributed by atoms with van der Waals surface area (Å²) in [6.45, 7) is 4.58. The molecule has 2 heterocycles. The van der Waals surface area contributed by atoms with E-state index in [2.05, 4.69) is 21.1 Å². The van der Waals surface area contributed by atoms with Crippen molar-refractivity contribution in [1.82, 2.24) is 19.7 Å². The Morgan fingerprint density at radius 1 is 1.43 bits per heavy atom. The monoisotopic (exact) mass is 313 g/mol. The SMILES string of the molecule is N#Cc1cccc(OCCN2CCOC(Cn3cncn3)C2)c1. The zero-order valence-electron chi connectivity index (χ0n) is 12.8. The lowest BCUT2D eigenvalue weighted by Gasteiger charge is -2.32. The van der Waals surface area contributed by atoms with Gasteiger partial charge in [0.05, 0.1) is 30.9 Å². The van der Waals surface area contributed by atoms with E-state index in [1.54, 1.807) is 23.1 Å². The van der Waals surface area contributed by atoms with Gasteiger partial charge in [-0.25, -0.2) is 4.98 Å². The molecule has 1 atom stereocenters. The maximum absolute atomic E-state index is 8.89. The van der Waals surface area contributed by atoms with Gasteiger partial charge in [0.25, 0.3) is 0 Å². The minimum atomic E-state index is 0.118. The van der Waals surface area contributed by atoms with Crippen LogP contribution in [0.1, 0.15) is 5.56 Å². The van der Waals surface area contributed by atoms with Gasteiger partial charge in [0.1, 0.15) is 25.0 Å². The van der Waals surface area contributed by atoms with E-state index < -0.39 is 0 Å².